The Kier molecular flexibility index (Phi) is 7.01. The topological polar surface area (TPSA) is 65.1 Å². The van der Waals surface area contributed by atoms with Gasteiger partial charge in [0.25, 0.3) is 5.56 Å². The van der Waals surface area contributed by atoms with Gasteiger partial charge in [0.05, 0.1) is 5.60 Å². The Bertz CT molecular complexity index is 1480. The number of hydrogen-bond donors (Lipinski definition) is 3. The summed E-state index contributed by atoms with van der Waals surface area (Å²) in [6, 6.07) is 18.3. The summed E-state index contributed by atoms with van der Waals surface area (Å²) in [5.41, 5.74) is 1.03. The summed E-state index contributed by atoms with van der Waals surface area (Å²) in [5.74, 6) is -2.42. The van der Waals surface area contributed by atoms with Gasteiger partial charge in [-0.3, -0.25) is 4.79 Å². The number of hydrogen-bond acceptors (Lipinski definition) is 3. The van der Waals surface area contributed by atoms with E-state index in [0.29, 0.717) is 47.5 Å². The highest BCUT2D eigenvalue weighted by molar-refractivity contribution is 9.10. The van der Waals surface area contributed by atoms with Crippen molar-refractivity contribution in [2.75, 3.05) is 6.54 Å². The number of rotatable bonds is 5. The van der Waals surface area contributed by atoms with E-state index >= 15 is 0 Å². The van der Waals surface area contributed by atoms with Gasteiger partial charge in [-0.1, -0.05) is 45.7 Å². The van der Waals surface area contributed by atoms with Gasteiger partial charge in [0, 0.05) is 32.5 Å². The summed E-state index contributed by atoms with van der Waals surface area (Å²) in [6.07, 6.45) is 1.13. The molecule has 1 saturated heterocycles. The minimum absolute atomic E-state index is 0.197. The third-order valence-corrected chi connectivity index (χ3v) is 7.69. The molecule has 4 nitrogen and oxygen atoms in total. The zero-order valence-electron chi connectivity index (χ0n) is 19.2. The van der Waals surface area contributed by atoms with Gasteiger partial charge in [0.15, 0.2) is 11.6 Å². The Hall–Kier alpha value is -2.58. The number of halogens is 4. The van der Waals surface area contributed by atoms with Gasteiger partial charge in [-0.25, -0.2) is 8.78 Å². The normalized spacial score (nSPS) is 21.0. The van der Waals surface area contributed by atoms with E-state index in [4.69, 9.17) is 11.6 Å². The Labute approximate surface area is 220 Å². The molecule has 1 aliphatic rings. The fourth-order valence-electron chi connectivity index (χ4n) is 5.29. The van der Waals surface area contributed by atoms with Gasteiger partial charge in [0.1, 0.15) is 0 Å². The quantitative estimate of drug-likeness (QED) is 0.271. The molecule has 1 aliphatic heterocycles. The molecule has 3 atom stereocenters. The fourth-order valence-corrected chi connectivity index (χ4v) is 5.80. The molecular formula is C28H24BrClF2N2O2. The van der Waals surface area contributed by atoms with Crippen LogP contribution in [0.25, 0.3) is 10.9 Å². The Morgan fingerprint density at radius 2 is 1.83 bits per heavy atom. The second-order valence-electron chi connectivity index (χ2n) is 9.43. The van der Waals surface area contributed by atoms with Crippen molar-refractivity contribution in [3.63, 3.8) is 0 Å². The summed E-state index contributed by atoms with van der Waals surface area (Å²) in [7, 11) is 0. The van der Waals surface area contributed by atoms with Crippen LogP contribution in [-0.2, 0) is 6.42 Å². The summed E-state index contributed by atoms with van der Waals surface area (Å²) in [5, 5.41) is 16.9. The molecule has 36 heavy (non-hydrogen) atoms. The van der Waals surface area contributed by atoms with E-state index in [2.05, 4.69) is 26.2 Å². The molecule has 0 spiro atoms. The first-order chi connectivity index (χ1) is 17.2. The molecule has 5 rings (SSSR count). The summed E-state index contributed by atoms with van der Waals surface area (Å²) < 4.78 is 28.1. The molecule has 8 heteroatoms. The fraction of sp³-hybridized carbons (Fsp3) is 0.250. The molecule has 1 aromatic heterocycles. The van der Waals surface area contributed by atoms with Crippen LogP contribution in [0.3, 0.4) is 0 Å². The van der Waals surface area contributed by atoms with Crippen LogP contribution in [0.1, 0.15) is 35.4 Å². The monoisotopic (exact) mass is 572 g/mol. The van der Waals surface area contributed by atoms with Crippen molar-refractivity contribution in [1.82, 2.24) is 10.3 Å². The van der Waals surface area contributed by atoms with Crippen LogP contribution in [0.5, 0.6) is 0 Å². The molecular weight excluding hydrogens is 550 g/mol. The average Bonchev–Trinajstić information content (AvgIpc) is 2.83. The molecule has 2 heterocycles. The number of aromatic amines is 1. The average molecular weight is 574 g/mol. The smallest absolute Gasteiger partial charge is 0.252 e. The van der Waals surface area contributed by atoms with Gasteiger partial charge >= 0.3 is 0 Å². The van der Waals surface area contributed by atoms with Crippen LogP contribution < -0.4 is 10.9 Å². The first-order valence-electron chi connectivity index (χ1n) is 11.7. The molecule has 4 aromatic rings. The number of benzene rings is 3. The van der Waals surface area contributed by atoms with Crippen molar-refractivity contribution in [3.05, 3.63) is 115 Å². The highest BCUT2D eigenvalue weighted by Gasteiger charge is 2.43. The van der Waals surface area contributed by atoms with Gasteiger partial charge in [-0.2, -0.15) is 0 Å². The van der Waals surface area contributed by atoms with E-state index in [1.165, 1.54) is 6.07 Å². The Morgan fingerprint density at radius 3 is 2.58 bits per heavy atom. The zero-order chi connectivity index (χ0) is 25.4. The number of H-pyrrole nitrogens is 1. The number of fused-ring (bicyclic) bond motifs is 1. The summed E-state index contributed by atoms with van der Waals surface area (Å²) in [6.45, 7) is 0.506. The first kappa shape index (κ1) is 25.1. The third kappa shape index (κ3) is 5.11. The van der Waals surface area contributed by atoms with Crippen LogP contribution >= 0.6 is 27.5 Å². The van der Waals surface area contributed by atoms with Crippen molar-refractivity contribution in [2.24, 2.45) is 0 Å². The van der Waals surface area contributed by atoms with Gasteiger partial charge in [-0.15, -0.1) is 0 Å². The standard InChI is InChI=1S/C28H24BrClF2N2O2/c29-19-4-8-25-18(13-19)14-22(27(35)34-25)26(17-2-5-20(30)6-3-17)28(36)9-10-33-21(15-28)11-16-1-7-23(31)24(32)12-16/h1-8,12-14,21,26,33,36H,9-11,15H2,(H,34,35)/t21-,26?,28?/m0/s1. The molecule has 2 unspecified atom stereocenters. The molecule has 1 fully saturated rings. The second kappa shape index (κ2) is 10.1. The van der Waals surface area contributed by atoms with Crippen LogP contribution in [0.2, 0.25) is 5.02 Å². The predicted molar refractivity (Wildman–Crippen MR) is 142 cm³/mol. The molecule has 0 amide bonds. The molecule has 3 aromatic carbocycles. The lowest BCUT2D eigenvalue weighted by Crippen LogP contribution is -2.52. The Balaban J connectivity index is 1.56. The van der Waals surface area contributed by atoms with E-state index in [-0.39, 0.29) is 11.6 Å². The maximum atomic E-state index is 13.8. The minimum atomic E-state index is -1.27. The highest BCUT2D eigenvalue weighted by atomic mass is 79.9. The van der Waals surface area contributed by atoms with Gasteiger partial charge < -0.3 is 15.4 Å². The van der Waals surface area contributed by atoms with Gasteiger partial charge in [-0.05, 0) is 90.9 Å². The molecule has 0 aliphatic carbocycles. The molecule has 0 radical (unpaired) electrons. The lowest BCUT2D eigenvalue weighted by molar-refractivity contribution is -0.0188. The van der Waals surface area contributed by atoms with Crippen LogP contribution in [0, 0.1) is 11.6 Å². The summed E-state index contributed by atoms with van der Waals surface area (Å²) in [4.78, 5) is 16.3. The molecule has 0 bridgehead atoms. The van der Waals surface area contributed by atoms with Crippen LogP contribution in [0.4, 0.5) is 8.78 Å². The van der Waals surface area contributed by atoms with Crippen LogP contribution in [-0.4, -0.2) is 28.3 Å². The number of pyridine rings is 1. The van der Waals surface area contributed by atoms with Crippen LogP contribution in [0.15, 0.2) is 76.0 Å². The SMILES string of the molecule is O=c1[nH]c2ccc(Br)cc2cc1C(c1ccc(Cl)cc1)C1(O)CCN[C@@H](Cc2ccc(F)c(F)c2)C1. The highest BCUT2D eigenvalue weighted by Crippen LogP contribution is 2.41. The molecule has 186 valence electrons. The minimum Gasteiger partial charge on any atom is -0.389 e. The van der Waals surface area contributed by atoms with Crippen molar-refractivity contribution < 1.29 is 13.9 Å². The number of aliphatic hydroxyl groups is 1. The Morgan fingerprint density at radius 1 is 1.06 bits per heavy atom. The summed E-state index contributed by atoms with van der Waals surface area (Å²) >= 11 is 9.63. The second-order valence-corrected chi connectivity index (χ2v) is 10.8. The van der Waals surface area contributed by atoms with Crippen molar-refractivity contribution in [2.45, 2.75) is 36.8 Å². The number of aromatic nitrogens is 1. The lowest BCUT2D eigenvalue weighted by atomic mass is 9.70. The maximum Gasteiger partial charge on any atom is 0.252 e. The van der Waals surface area contributed by atoms with E-state index < -0.39 is 23.2 Å². The van der Waals surface area contributed by atoms with Crippen molar-refractivity contribution in [1.29, 1.82) is 0 Å². The van der Waals surface area contributed by atoms with Crippen molar-refractivity contribution >= 4 is 38.4 Å². The van der Waals surface area contributed by atoms with Gasteiger partial charge in [0.2, 0.25) is 0 Å². The number of piperidine rings is 1. The molecule has 3 N–H and O–H groups in total. The van der Waals surface area contributed by atoms with E-state index in [9.17, 15) is 18.7 Å². The predicted octanol–water partition coefficient (Wildman–Crippen LogP) is 6.08. The van der Waals surface area contributed by atoms with Crippen molar-refractivity contribution in [3.8, 4) is 0 Å². The molecule has 0 saturated carbocycles. The first-order valence-corrected chi connectivity index (χ1v) is 12.9. The maximum absolute atomic E-state index is 13.8. The lowest BCUT2D eigenvalue weighted by Gasteiger charge is -2.43. The van der Waals surface area contributed by atoms with E-state index in [0.717, 1.165) is 21.5 Å². The number of nitrogens with one attached hydrogen (secondary N) is 2. The third-order valence-electron chi connectivity index (χ3n) is 6.94. The largest absolute Gasteiger partial charge is 0.389 e. The zero-order valence-corrected chi connectivity index (χ0v) is 21.5. The van der Waals surface area contributed by atoms with E-state index in [1.807, 2.05) is 36.4 Å². The van der Waals surface area contributed by atoms with E-state index in [1.54, 1.807) is 18.2 Å².